The molecule has 0 saturated carbocycles. The van der Waals surface area contributed by atoms with E-state index < -0.39 is 11.2 Å². The van der Waals surface area contributed by atoms with E-state index in [0.717, 1.165) is 22.1 Å². The van der Waals surface area contributed by atoms with E-state index >= 15 is 0 Å². The first-order valence-electron chi connectivity index (χ1n) is 6.70. The number of aromatic nitrogens is 1. The van der Waals surface area contributed by atoms with Gasteiger partial charge < -0.3 is 20.1 Å². The molecule has 1 aromatic heterocycles. The lowest BCUT2D eigenvalue weighted by atomic mass is 9.82. The van der Waals surface area contributed by atoms with Crippen LogP contribution in [0.15, 0.2) is 24.4 Å². The van der Waals surface area contributed by atoms with Crippen molar-refractivity contribution in [2.24, 2.45) is 7.05 Å². The maximum atomic E-state index is 10.1. The number of nitrogen functional groups attached to an aromatic ring is 1. The van der Waals surface area contributed by atoms with Gasteiger partial charge in [0.2, 0.25) is 0 Å². The number of nitrogens with zero attached hydrogens (tertiary/aromatic N) is 1. The molecule has 5 heteroatoms. The van der Waals surface area contributed by atoms with E-state index in [4.69, 9.17) is 10.4 Å². The molecular weight excluding hydrogens is 251 g/mol. The van der Waals surface area contributed by atoms with Gasteiger partial charge in [-0.1, -0.05) is 6.07 Å². The van der Waals surface area contributed by atoms with Gasteiger partial charge in [0.25, 0.3) is 0 Å². The number of hydrogen-bond donors (Lipinski definition) is 2. The van der Waals surface area contributed by atoms with Gasteiger partial charge in [0.1, 0.15) is 0 Å². The Kier molecular flexibility index (Phi) is 3.61. The van der Waals surface area contributed by atoms with Gasteiger partial charge in [-0.2, -0.15) is 0 Å². The number of aryl methyl sites for hydroxylation is 1. The van der Waals surface area contributed by atoms with Crippen molar-refractivity contribution in [3.8, 4) is 0 Å². The first-order chi connectivity index (χ1) is 9.12. The molecule has 0 spiro atoms. The van der Waals surface area contributed by atoms with Gasteiger partial charge >= 0.3 is 7.48 Å². The highest BCUT2D eigenvalue weighted by Gasteiger charge is 2.35. The van der Waals surface area contributed by atoms with Crippen LogP contribution in [0.5, 0.6) is 0 Å². The summed E-state index contributed by atoms with van der Waals surface area (Å²) in [6, 6.07) is 5.80. The molecule has 2 rings (SSSR count). The summed E-state index contributed by atoms with van der Waals surface area (Å²) >= 11 is 0. The van der Waals surface area contributed by atoms with Crippen molar-refractivity contribution in [1.29, 1.82) is 0 Å². The number of fused-ring (bicyclic) bond motifs is 1. The molecule has 0 amide bonds. The molecule has 0 atom stereocenters. The zero-order valence-corrected chi connectivity index (χ0v) is 12.8. The van der Waals surface area contributed by atoms with Crippen LogP contribution in [0.2, 0.25) is 0 Å². The fourth-order valence-electron chi connectivity index (χ4n) is 1.88. The first-order valence-corrected chi connectivity index (χ1v) is 6.70. The Balaban J connectivity index is 2.27. The molecule has 20 heavy (non-hydrogen) atoms. The number of anilines is 1. The Labute approximate surface area is 120 Å². The van der Waals surface area contributed by atoms with Gasteiger partial charge in [-0.3, -0.25) is 0 Å². The van der Waals surface area contributed by atoms with Gasteiger partial charge in [0.15, 0.2) is 0 Å². The van der Waals surface area contributed by atoms with Crippen LogP contribution in [0.1, 0.15) is 27.7 Å². The molecule has 0 bridgehead atoms. The van der Waals surface area contributed by atoms with Crippen molar-refractivity contribution in [3.05, 3.63) is 24.4 Å². The second kappa shape index (κ2) is 4.83. The van der Waals surface area contributed by atoms with E-state index in [0.29, 0.717) is 0 Å². The maximum Gasteiger partial charge on any atom is 0.333 e. The maximum absolute atomic E-state index is 10.1. The second-order valence-electron chi connectivity index (χ2n) is 6.28. The van der Waals surface area contributed by atoms with E-state index in [2.05, 4.69) is 0 Å². The molecule has 0 saturated heterocycles. The van der Waals surface area contributed by atoms with Crippen molar-refractivity contribution in [3.63, 3.8) is 0 Å². The predicted molar refractivity (Wildman–Crippen MR) is 84.2 cm³/mol. The summed E-state index contributed by atoms with van der Waals surface area (Å²) < 4.78 is 7.82. The summed E-state index contributed by atoms with van der Waals surface area (Å²) in [5.74, 6) is 0. The third kappa shape index (κ3) is 2.69. The molecule has 2 aromatic rings. The van der Waals surface area contributed by atoms with Crippen molar-refractivity contribution in [2.45, 2.75) is 38.9 Å². The highest BCUT2D eigenvalue weighted by molar-refractivity contribution is 6.51. The molecule has 0 fully saturated rings. The topological polar surface area (TPSA) is 60.4 Å². The van der Waals surface area contributed by atoms with E-state index in [9.17, 15) is 5.11 Å². The molecule has 0 aliphatic rings. The third-order valence-corrected chi connectivity index (χ3v) is 4.00. The van der Waals surface area contributed by atoms with Gasteiger partial charge in [0.05, 0.1) is 11.2 Å². The summed E-state index contributed by atoms with van der Waals surface area (Å²) in [4.78, 5) is 0. The highest BCUT2D eigenvalue weighted by Crippen LogP contribution is 2.24. The van der Waals surface area contributed by atoms with E-state index in [-0.39, 0.29) is 0 Å². The van der Waals surface area contributed by atoms with Crippen LogP contribution in [-0.4, -0.2) is 28.4 Å². The number of nitrogens with two attached hydrogens (primary N) is 1. The lowest BCUT2D eigenvalue weighted by Crippen LogP contribution is -2.49. The fourth-order valence-corrected chi connectivity index (χ4v) is 1.88. The number of benzene rings is 1. The van der Waals surface area contributed by atoms with Gasteiger partial charge in [0, 0.05) is 24.4 Å². The number of hydrogen-bond acceptors (Lipinski definition) is 3. The predicted octanol–water partition coefficient (Wildman–Crippen LogP) is 1.57. The normalized spacial score (nSPS) is 12.9. The Morgan fingerprint density at radius 2 is 1.90 bits per heavy atom. The number of rotatable bonds is 4. The standard InChI is InChI=1S/C15H22BN2O2/c1-14(2,19)15(3,4)20-16-12-9-18(5)13-8-10(17)6-7-11(12)13/h6-9,19H,17H2,1-5H3. The van der Waals surface area contributed by atoms with Crippen LogP contribution in [0, 0.1) is 0 Å². The van der Waals surface area contributed by atoms with Crippen molar-refractivity contribution >= 4 is 29.5 Å². The van der Waals surface area contributed by atoms with Crippen LogP contribution in [0.25, 0.3) is 10.9 Å². The average molecular weight is 273 g/mol. The molecule has 0 aliphatic heterocycles. The lowest BCUT2D eigenvalue weighted by molar-refractivity contribution is -0.0893. The minimum Gasteiger partial charge on any atom is -0.427 e. The monoisotopic (exact) mass is 273 g/mol. The molecule has 107 valence electrons. The quantitative estimate of drug-likeness (QED) is 0.656. The van der Waals surface area contributed by atoms with E-state index in [1.807, 2.05) is 49.9 Å². The van der Waals surface area contributed by atoms with Gasteiger partial charge in [-0.05, 0) is 50.7 Å². The minimum atomic E-state index is -0.932. The zero-order chi connectivity index (χ0) is 15.1. The Morgan fingerprint density at radius 3 is 2.50 bits per heavy atom. The molecule has 1 radical (unpaired) electrons. The van der Waals surface area contributed by atoms with Gasteiger partial charge in [-0.15, -0.1) is 0 Å². The van der Waals surface area contributed by atoms with E-state index in [1.165, 1.54) is 0 Å². The third-order valence-electron chi connectivity index (χ3n) is 4.00. The van der Waals surface area contributed by atoms with Crippen LogP contribution in [-0.2, 0) is 11.7 Å². The van der Waals surface area contributed by atoms with Crippen LogP contribution >= 0.6 is 0 Å². The smallest absolute Gasteiger partial charge is 0.333 e. The molecule has 4 nitrogen and oxygen atoms in total. The highest BCUT2D eigenvalue weighted by atomic mass is 16.5. The molecule has 0 unspecified atom stereocenters. The summed E-state index contributed by atoms with van der Waals surface area (Å²) in [6.45, 7) is 7.22. The average Bonchev–Trinajstić information content (AvgIpc) is 2.62. The summed E-state index contributed by atoms with van der Waals surface area (Å²) in [6.07, 6.45) is 1.99. The first kappa shape index (κ1) is 14.9. The Bertz CT molecular complexity index is 627. The second-order valence-corrected chi connectivity index (χ2v) is 6.28. The zero-order valence-electron chi connectivity index (χ0n) is 12.8. The SMILES string of the molecule is Cn1cc([B]OC(C)(C)C(C)(C)O)c2ccc(N)cc21. The largest absolute Gasteiger partial charge is 0.427 e. The Hall–Kier alpha value is -1.46. The molecule has 1 aromatic carbocycles. The minimum absolute atomic E-state index is 0.678. The molecule has 0 aliphatic carbocycles. The van der Waals surface area contributed by atoms with Crippen molar-refractivity contribution in [1.82, 2.24) is 4.57 Å². The molecule has 1 heterocycles. The summed E-state index contributed by atoms with van der Waals surface area (Å²) in [5.41, 5.74) is 6.97. The van der Waals surface area contributed by atoms with Crippen LogP contribution < -0.4 is 11.2 Å². The van der Waals surface area contributed by atoms with Gasteiger partial charge in [-0.25, -0.2) is 0 Å². The molecule has 3 N–H and O–H groups in total. The number of aliphatic hydroxyl groups is 1. The summed E-state index contributed by atoms with van der Waals surface area (Å²) in [7, 11) is 3.68. The van der Waals surface area contributed by atoms with Crippen molar-refractivity contribution < 1.29 is 9.76 Å². The Morgan fingerprint density at radius 1 is 1.25 bits per heavy atom. The van der Waals surface area contributed by atoms with E-state index in [1.54, 1.807) is 21.3 Å². The molecular formula is C15H22BN2O2. The van der Waals surface area contributed by atoms with Crippen LogP contribution in [0.4, 0.5) is 5.69 Å². The lowest BCUT2D eigenvalue weighted by Gasteiger charge is -2.37. The van der Waals surface area contributed by atoms with Crippen molar-refractivity contribution in [2.75, 3.05) is 5.73 Å². The van der Waals surface area contributed by atoms with Crippen LogP contribution in [0.3, 0.4) is 0 Å². The fraction of sp³-hybridized carbons (Fsp3) is 0.467. The summed E-state index contributed by atoms with van der Waals surface area (Å²) in [5, 5.41) is 11.2.